The summed E-state index contributed by atoms with van der Waals surface area (Å²) in [6.07, 6.45) is 2.83. The Morgan fingerprint density at radius 1 is 1.24 bits per heavy atom. The molecular weight excluding hydrogens is 274 g/mol. The van der Waals surface area contributed by atoms with E-state index in [-0.39, 0.29) is 36.4 Å². The average Bonchev–Trinajstić information content (AvgIpc) is 3.02. The van der Waals surface area contributed by atoms with Gasteiger partial charge in [0.2, 0.25) is 5.91 Å². The molecule has 0 aromatic carbocycles. The SMILES string of the molecule is CN1CCN(C(=O)NC2C3CCC(C3)C2C(=O)O)CC1=O. The van der Waals surface area contributed by atoms with Crippen molar-refractivity contribution in [3.05, 3.63) is 0 Å². The second kappa shape index (κ2) is 5.20. The van der Waals surface area contributed by atoms with Gasteiger partial charge in [-0.3, -0.25) is 9.59 Å². The van der Waals surface area contributed by atoms with Gasteiger partial charge in [0.15, 0.2) is 0 Å². The van der Waals surface area contributed by atoms with Crippen LogP contribution in [-0.4, -0.2) is 65.5 Å². The minimum atomic E-state index is -0.818. The summed E-state index contributed by atoms with van der Waals surface area (Å²) in [6.45, 7) is 1.08. The van der Waals surface area contributed by atoms with Gasteiger partial charge >= 0.3 is 12.0 Å². The third-order valence-corrected chi connectivity index (χ3v) is 5.24. The Labute approximate surface area is 123 Å². The number of hydrogen-bond acceptors (Lipinski definition) is 3. The number of nitrogens with one attached hydrogen (secondary N) is 1. The molecule has 2 saturated carbocycles. The first-order chi connectivity index (χ1) is 9.97. The molecule has 3 aliphatic rings. The predicted octanol–water partition coefficient (Wildman–Crippen LogP) is -0.0307. The van der Waals surface area contributed by atoms with E-state index in [9.17, 15) is 19.5 Å². The molecule has 1 heterocycles. The highest BCUT2D eigenvalue weighted by atomic mass is 16.4. The van der Waals surface area contributed by atoms with Crippen molar-refractivity contribution in [1.29, 1.82) is 0 Å². The molecule has 7 nitrogen and oxygen atoms in total. The third kappa shape index (κ3) is 2.45. The number of carbonyl (C=O) groups is 3. The molecule has 2 N–H and O–H groups in total. The number of carbonyl (C=O) groups excluding carboxylic acids is 2. The van der Waals surface area contributed by atoms with Crippen LogP contribution in [0.5, 0.6) is 0 Å². The Morgan fingerprint density at radius 2 is 1.95 bits per heavy atom. The van der Waals surface area contributed by atoms with E-state index in [1.54, 1.807) is 11.9 Å². The summed E-state index contributed by atoms with van der Waals surface area (Å²) in [5.74, 6) is -0.924. The monoisotopic (exact) mass is 295 g/mol. The molecule has 0 aromatic rings. The highest BCUT2D eigenvalue weighted by Gasteiger charge is 2.51. The molecule has 4 unspecified atom stereocenters. The quantitative estimate of drug-likeness (QED) is 0.748. The lowest BCUT2D eigenvalue weighted by Gasteiger charge is -2.35. The number of rotatable bonds is 2. The van der Waals surface area contributed by atoms with E-state index in [1.807, 2.05) is 0 Å². The maximum atomic E-state index is 12.3. The van der Waals surface area contributed by atoms with Crippen LogP contribution in [0.15, 0.2) is 0 Å². The molecule has 1 saturated heterocycles. The maximum absolute atomic E-state index is 12.3. The first-order valence-corrected chi connectivity index (χ1v) is 7.49. The number of fused-ring (bicyclic) bond motifs is 2. The van der Waals surface area contributed by atoms with Gasteiger partial charge in [-0.2, -0.15) is 0 Å². The molecule has 7 heteroatoms. The van der Waals surface area contributed by atoms with E-state index < -0.39 is 11.9 Å². The molecule has 2 bridgehead atoms. The number of urea groups is 1. The number of amides is 3. The average molecular weight is 295 g/mol. The summed E-state index contributed by atoms with van der Waals surface area (Å²) >= 11 is 0. The van der Waals surface area contributed by atoms with Crippen molar-refractivity contribution >= 4 is 17.9 Å². The van der Waals surface area contributed by atoms with Crippen LogP contribution in [0, 0.1) is 17.8 Å². The van der Waals surface area contributed by atoms with Gasteiger partial charge in [0.1, 0.15) is 6.54 Å². The van der Waals surface area contributed by atoms with Gasteiger partial charge in [-0.05, 0) is 31.1 Å². The lowest BCUT2D eigenvalue weighted by atomic mass is 9.84. The molecule has 0 spiro atoms. The van der Waals surface area contributed by atoms with E-state index in [0.29, 0.717) is 13.1 Å². The summed E-state index contributed by atoms with van der Waals surface area (Å²) < 4.78 is 0. The molecule has 1 aliphatic heterocycles. The first-order valence-electron chi connectivity index (χ1n) is 7.49. The topological polar surface area (TPSA) is 89.9 Å². The number of aliphatic carboxylic acids is 1. The summed E-state index contributed by atoms with van der Waals surface area (Å²) in [4.78, 5) is 38.5. The van der Waals surface area contributed by atoms with Crippen LogP contribution in [0.1, 0.15) is 19.3 Å². The van der Waals surface area contributed by atoms with Gasteiger partial charge in [0, 0.05) is 26.2 Å². The zero-order valence-corrected chi connectivity index (χ0v) is 12.1. The molecule has 4 atom stereocenters. The molecule has 0 radical (unpaired) electrons. The van der Waals surface area contributed by atoms with Crippen LogP contribution >= 0.6 is 0 Å². The van der Waals surface area contributed by atoms with Gasteiger partial charge in [-0.25, -0.2) is 4.79 Å². The van der Waals surface area contributed by atoms with Crippen LogP contribution in [0.3, 0.4) is 0 Å². The van der Waals surface area contributed by atoms with Crippen molar-refractivity contribution < 1.29 is 19.5 Å². The second-order valence-electron chi connectivity index (χ2n) is 6.41. The van der Waals surface area contributed by atoms with Crippen molar-refractivity contribution in [2.45, 2.75) is 25.3 Å². The summed E-state index contributed by atoms with van der Waals surface area (Å²) in [5.41, 5.74) is 0. The van der Waals surface area contributed by atoms with Gasteiger partial charge in [-0.15, -0.1) is 0 Å². The third-order valence-electron chi connectivity index (χ3n) is 5.24. The Hall–Kier alpha value is -1.79. The van der Waals surface area contributed by atoms with E-state index in [0.717, 1.165) is 19.3 Å². The van der Waals surface area contributed by atoms with Gasteiger partial charge < -0.3 is 20.2 Å². The van der Waals surface area contributed by atoms with Crippen molar-refractivity contribution in [3.63, 3.8) is 0 Å². The lowest BCUT2D eigenvalue weighted by molar-refractivity contribution is -0.144. The van der Waals surface area contributed by atoms with Crippen LogP contribution in [0.25, 0.3) is 0 Å². The van der Waals surface area contributed by atoms with Gasteiger partial charge in [0.25, 0.3) is 0 Å². The molecule has 3 amide bonds. The normalized spacial score (nSPS) is 35.2. The fourth-order valence-corrected chi connectivity index (χ4v) is 4.02. The number of piperazine rings is 1. The summed E-state index contributed by atoms with van der Waals surface area (Å²) in [7, 11) is 1.72. The Kier molecular flexibility index (Phi) is 3.51. The minimum Gasteiger partial charge on any atom is -0.481 e. The Morgan fingerprint density at radius 3 is 2.62 bits per heavy atom. The van der Waals surface area contributed by atoms with E-state index in [1.165, 1.54) is 4.90 Å². The fourth-order valence-electron chi connectivity index (χ4n) is 4.02. The minimum absolute atomic E-state index is 0.0703. The largest absolute Gasteiger partial charge is 0.481 e. The molecule has 116 valence electrons. The fraction of sp³-hybridized carbons (Fsp3) is 0.786. The number of carboxylic acid groups (broad SMARTS) is 1. The van der Waals surface area contributed by atoms with Crippen molar-refractivity contribution in [2.24, 2.45) is 17.8 Å². The Bertz CT molecular complexity index is 481. The highest BCUT2D eigenvalue weighted by molar-refractivity contribution is 5.85. The smallest absolute Gasteiger partial charge is 0.318 e. The summed E-state index contributed by atoms with van der Waals surface area (Å²) in [6, 6.07) is -0.594. The van der Waals surface area contributed by atoms with Crippen molar-refractivity contribution in [1.82, 2.24) is 15.1 Å². The van der Waals surface area contributed by atoms with E-state index >= 15 is 0 Å². The highest BCUT2D eigenvalue weighted by Crippen LogP contribution is 2.48. The maximum Gasteiger partial charge on any atom is 0.318 e. The zero-order chi connectivity index (χ0) is 15.1. The standard InChI is InChI=1S/C14H21N3O4/c1-16-4-5-17(7-10(16)18)14(21)15-12-9-3-2-8(6-9)11(12)13(19)20/h8-9,11-12H,2-7H2,1H3,(H,15,21)(H,19,20). The van der Waals surface area contributed by atoms with Crippen molar-refractivity contribution in [2.75, 3.05) is 26.7 Å². The van der Waals surface area contributed by atoms with E-state index in [2.05, 4.69) is 5.32 Å². The molecule has 3 fully saturated rings. The lowest BCUT2D eigenvalue weighted by Crippen LogP contribution is -2.57. The number of likely N-dealkylation sites (N-methyl/N-ethyl adjacent to an activating group) is 1. The van der Waals surface area contributed by atoms with Crippen LogP contribution in [0.4, 0.5) is 4.79 Å². The van der Waals surface area contributed by atoms with Crippen molar-refractivity contribution in [3.8, 4) is 0 Å². The summed E-state index contributed by atoms with van der Waals surface area (Å²) in [5, 5.41) is 12.3. The van der Waals surface area contributed by atoms with Crippen LogP contribution in [0.2, 0.25) is 0 Å². The first kappa shape index (κ1) is 14.2. The zero-order valence-electron chi connectivity index (χ0n) is 12.1. The van der Waals surface area contributed by atoms with Gasteiger partial charge in [0.05, 0.1) is 5.92 Å². The van der Waals surface area contributed by atoms with E-state index in [4.69, 9.17) is 0 Å². The molecule has 2 aliphatic carbocycles. The number of hydrogen-bond donors (Lipinski definition) is 2. The molecule has 21 heavy (non-hydrogen) atoms. The van der Waals surface area contributed by atoms with Gasteiger partial charge in [-0.1, -0.05) is 0 Å². The molecular formula is C14H21N3O4. The number of carboxylic acids is 1. The predicted molar refractivity (Wildman–Crippen MR) is 73.5 cm³/mol. The van der Waals surface area contributed by atoms with Crippen LogP contribution < -0.4 is 5.32 Å². The van der Waals surface area contributed by atoms with Crippen LogP contribution in [-0.2, 0) is 9.59 Å². The molecule has 3 rings (SSSR count). The Balaban J connectivity index is 1.64. The second-order valence-corrected chi connectivity index (χ2v) is 6.41. The molecule has 0 aromatic heterocycles. The number of nitrogens with zero attached hydrogens (tertiary/aromatic N) is 2.